The SMILES string of the molecule is CNCc1cc(CN2CCn3ccnc3C2)c(C)s1. The molecule has 0 bridgehead atoms. The van der Waals surface area contributed by atoms with Gasteiger partial charge in [-0.05, 0) is 25.6 Å². The standard InChI is InChI=1S/C14H20N4S/c1-11-12(7-13(19-11)8-15-2)9-17-5-6-18-4-3-16-14(18)10-17/h3-4,7,15H,5-6,8-10H2,1-2H3. The van der Waals surface area contributed by atoms with Crippen LogP contribution in [0.15, 0.2) is 18.5 Å². The van der Waals surface area contributed by atoms with Crippen molar-refractivity contribution >= 4 is 11.3 Å². The molecule has 0 spiro atoms. The molecular formula is C14H20N4S. The summed E-state index contributed by atoms with van der Waals surface area (Å²) in [5.41, 5.74) is 1.47. The van der Waals surface area contributed by atoms with Gasteiger partial charge in [-0.2, -0.15) is 0 Å². The van der Waals surface area contributed by atoms with Gasteiger partial charge in [-0.15, -0.1) is 11.3 Å². The lowest BCUT2D eigenvalue weighted by Gasteiger charge is -2.27. The first-order chi connectivity index (χ1) is 9.26. The zero-order valence-electron chi connectivity index (χ0n) is 11.5. The van der Waals surface area contributed by atoms with Crippen molar-refractivity contribution in [1.29, 1.82) is 0 Å². The summed E-state index contributed by atoms with van der Waals surface area (Å²) in [4.78, 5) is 9.77. The third-order valence-corrected chi connectivity index (χ3v) is 4.73. The summed E-state index contributed by atoms with van der Waals surface area (Å²) in [6, 6.07) is 2.34. The van der Waals surface area contributed by atoms with Crippen LogP contribution in [0.4, 0.5) is 0 Å². The van der Waals surface area contributed by atoms with Crippen LogP contribution < -0.4 is 5.32 Å². The molecule has 0 aliphatic carbocycles. The number of aryl methyl sites for hydroxylation is 1. The van der Waals surface area contributed by atoms with E-state index in [2.05, 4.69) is 39.0 Å². The molecular weight excluding hydrogens is 256 g/mol. The average molecular weight is 276 g/mol. The van der Waals surface area contributed by atoms with Crippen LogP contribution >= 0.6 is 11.3 Å². The Morgan fingerprint density at radius 3 is 3.16 bits per heavy atom. The van der Waals surface area contributed by atoms with E-state index in [1.165, 1.54) is 21.1 Å². The van der Waals surface area contributed by atoms with Gasteiger partial charge in [0.25, 0.3) is 0 Å². The third kappa shape index (κ3) is 2.73. The Morgan fingerprint density at radius 1 is 1.42 bits per heavy atom. The fraction of sp³-hybridized carbons (Fsp3) is 0.500. The van der Waals surface area contributed by atoms with Crippen LogP contribution in [-0.2, 0) is 26.2 Å². The summed E-state index contributed by atoms with van der Waals surface area (Å²) in [6.07, 6.45) is 3.98. The van der Waals surface area contributed by atoms with E-state index in [9.17, 15) is 0 Å². The van der Waals surface area contributed by atoms with Gasteiger partial charge in [-0.1, -0.05) is 0 Å². The molecule has 0 radical (unpaired) electrons. The fourth-order valence-corrected chi connectivity index (χ4v) is 3.67. The summed E-state index contributed by atoms with van der Waals surface area (Å²) in [5.74, 6) is 1.19. The maximum absolute atomic E-state index is 4.42. The number of fused-ring (bicyclic) bond motifs is 1. The monoisotopic (exact) mass is 276 g/mol. The Kier molecular flexibility index (Phi) is 3.68. The van der Waals surface area contributed by atoms with Crippen LogP contribution in [0, 0.1) is 6.92 Å². The quantitative estimate of drug-likeness (QED) is 0.927. The minimum Gasteiger partial charge on any atom is -0.333 e. The minimum atomic E-state index is 0.962. The fourth-order valence-electron chi connectivity index (χ4n) is 2.61. The molecule has 2 aromatic rings. The van der Waals surface area contributed by atoms with Gasteiger partial charge in [0.1, 0.15) is 5.82 Å². The largest absolute Gasteiger partial charge is 0.333 e. The summed E-state index contributed by atoms with van der Waals surface area (Å²) >= 11 is 1.90. The highest BCUT2D eigenvalue weighted by Gasteiger charge is 2.18. The van der Waals surface area contributed by atoms with Gasteiger partial charge in [-0.25, -0.2) is 4.98 Å². The van der Waals surface area contributed by atoms with Gasteiger partial charge in [0.05, 0.1) is 6.54 Å². The number of rotatable bonds is 4. The van der Waals surface area contributed by atoms with Crippen molar-refractivity contribution < 1.29 is 0 Å². The van der Waals surface area contributed by atoms with Gasteiger partial charge in [-0.3, -0.25) is 4.90 Å². The first-order valence-electron chi connectivity index (χ1n) is 6.71. The van der Waals surface area contributed by atoms with E-state index in [0.717, 1.165) is 32.7 Å². The molecule has 1 N–H and O–H groups in total. The molecule has 0 atom stereocenters. The third-order valence-electron chi connectivity index (χ3n) is 3.64. The molecule has 4 nitrogen and oxygen atoms in total. The summed E-state index contributed by atoms with van der Waals surface area (Å²) in [5, 5.41) is 3.22. The molecule has 5 heteroatoms. The predicted molar refractivity (Wildman–Crippen MR) is 78.2 cm³/mol. The van der Waals surface area contributed by atoms with Gasteiger partial charge in [0, 0.05) is 48.3 Å². The molecule has 0 saturated carbocycles. The molecule has 0 fully saturated rings. The highest BCUT2D eigenvalue weighted by Crippen LogP contribution is 2.24. The second-order valence-corrected chi connectivity index (χ2v) is 6.41. The Labute approximate surface area is 118 Å². The van der Waals surface area contributed by atoms with Crippen LogP contribution in [0.1, 0.15) is 21.1 Å². The van der Waals surface area contributed by atoms with Crippen LogP contribution in [-0.4, -0.2) is 28.0 Å². The molecule has 19 heavy (non-hydrogen) atoms. The van der Waals surface area contributed by atoms with Crippen LogP contribution in [0.5, 0.6) is 0 Å². The number of thiophene rings is 1. The van der Waals surface area contributed by atoms with E-state index in [0.29, 0.717) is 0 Å². The average Bonchev–Trinajstić information content (AvgIpc) is 2.97. The van der Waals surface area contributed by atoms with Crippen molar-refractivity contribution in [3.05, 3.63) is 39.6 Å². The first kappa shape index (κ1) is 12.8. The molecule has 3 rings (SSSR count). The number of nitrogens with zero attached hydrogens (tertiary/aromatic N) is 3. The maximum Gasteiger partial charge on any atom is 0.122 e. The van der Waals surface area contributed by atoms with Gasteiger partial charge < -0.3 is 9.88 Å². The highest BCUT2D eigenvalue weighted by atomic mass is 32.1. The van der Waals surface area contributed by atoms with Crippen LogP contribution in [0.2, 0.25) is 0 Å². The lowest BCUT2D eigenvalue weighted by atomic mass is 10.2. The van der Waals surface area contributed by atoms with E-state index in [1.54, 1.807) is 0 Å². The molecule has 0 aromatic carbocycles. The lowest BCUT2D eigenvalue weighted by molar-refractivity contribution is 0.209. The molecule has 0 saturated heterocycles. The Bertz CT molecular complexity index is 558. The van der Waals surface area contributed by atoms with E-state index in [4.69, 9.17) is 0 Å². The lowest BCUT2D eigenvalue weighted by Crippen LogP contribution is -2.33. The smallest absolute Gasteiger partial charge is 0.122 e. The molecule has 1 aliphatic heterocycles. The van der Waals surface area contributed by atoms with Gasteiger partial charge >= 0.3 is 0 Å². The molecule has 0 amide bonds. The van der Waals surface area contributed by atoms with Crippen LogP contribution in [0.3, 0.4) is 0 Å². The zero-order valence-corrected chi connectivity index (χ0v) is 12.3. The minimum absolute atomic E-state index is 0.962. The van der Waals surface area contributed by atoms with Gasteiger partial charge in [0.15, 0.2) is 0 Å². The number of hydrogen-bond donors (Lipinski definition) is 1. The van der Waals surface area contributed by atoms with Crippen molar-refractivity contribution in [2.24, 2.45) is 0 Å². The number of imidazole rings is 1. The summed E-state index contributed by atoms with van der Waals surface area (Å²) in [7, 11) is 2.00. The van der Waals surface area contributed by atoms with E-state index >= 15 is 0 Å². The highest BCUT2D eigenvalue weighted by molar-refractivity contribution is 7.12. The zero-order chi connectivity index (χ0) is 13.2. The predicted octanol–water partition coefficient (Wildman–Crippen LogP) is 1.99. The van der Waals surface area contributed by atoms with Crippen molar-refractivity contribution in [1.82, 2.24) is 19.8 Å². The molecule has 0 unspecified atom stereocenters. The summed E-state index contributed by atoms with van der Waals surface area (Å²) in [6.45, 7) is 7.37. The summed E-state index contributed by atoms with van der Waals surface area (Å²) < 4.78 is 2.25. The van der Waals surface area contributed by atoms with Crippen molar-refractivity contribution in [3.63, 3.8) is 0 Å². The van der Waals surface area contributed by atoms with Crippen LogP contribution in [0.25, 0.3) is 0 Å². The first-order valence-corrected chi connectivity index (χ1v) is 7.53. The van der Waals surface area contributed by atoms with E-state index in [1.807, 2.05) is 24.6 Å². The molecule has 3 heterocycles. The Hall–Kier alpha value is -1.17. The van der Waals surface area contributed by atoms with Crippen molar-refractivity contribution in [3.8, 4) is 0 Å². The molecule has 102 valence electrons. The number of hydrogen-bond acceptors (Lipinski definition) is 4. The number of nitrogens with one attached hydrogen (secondary N) is 1. The second-order valence-electron chi connectivity index (χ2n) is 5.07. The maximum atomic E-state index is 4.42. The molecule has 1 aliphatic rings. The number of aromatic nitrogens is 2. The Balaban J connectivity index is 1.69. The Morgan fingerprint density at radius 2 is 2.32 bits per heavy atom. The van der Waals surface area contributed by atoms with Gasteiger partial charge in [0.2, 0.25) is 0 Å². The normalized spacial score (nSPS) is 15.7. The second kappa shape index (κ2) is 5.45. The van der Waals surface area contributed by atoms with Crippen molar-refractivity contribution in [2.75, 3.05) is 13.6 Å². The van der Waals surface area contributed by atoms with Crippen molar-refractivity contribution in [2.45, 2.75) is 33.1 Å². The molecule has 2 aromatic heterocycles. The van der Waals surface area contributed by atoms with E-state index in [-0.39, 0.29) is 0 Å². The topological polar surface area (TPSA) is 33.1 Å². The van der Waals surface area contributed by atoms with E-state index < -0.39 is 0 Å².